The van der Waals surface area contributed by atoms with Gasteiger partial charge in [0, 0.05) is 29.2 Å². The van der Waals surface area contributed by atoms with Crippen molar-refractivity contribution in [2.75, 3.05) is 11.4 Å². The third-order valence-electron chi connectivity index (χ3n) is 6.27. The number of hydrogen-bond acceptors (Lipinski definition) is 3. The monoisotopic (exact) mass is 385 g/mol. The highest BCUT2D eigenvalue weighted by Crippen LogP contribution is 2.35. The summed E-state index contributed by atoms with van der Waals surface area (Å²) >= 11 is 0. The van der Waals surface area contributed by atoms with E-state index < -0.39 is 0 Å². The van der Waals surface area contributed by atoms with Crippen LogP contribution in [0.3, 0.4) is 0 Å². The normalized spacial score (nSPS) is 16.8. The summed E-state index contributed by atoms with van der Waals surface area (Å²) in [5, 5.41) is 4.40. The predicted molar refractivity (Wildman–Crippen MR) is 118 cm³/mol. The lowest BCUT2D eigenvalue weighted by Gasteiger charge is -2.23. The average molecular weight is 386 g/mol. The van der Waals surface area contributed by atoms with Crippen LogP contribution < -0.4 is 10.2 Å². The predicted octanol–water partition coefficient (Wildman–Crippen LogP) is 5.30. The van der Waals surface area contributed by atoms with Crippen molar-refractivity contribution < 1.29 is 4.79 Å². The number of nitrogens with one attached hydrogen (secondary N) is 1. The summed E-state index contributed by atoms with van der Waals surface area (Å²) in [5.74, 6) is 1.09. The Morgan fingerprint density at radius 3 is 2.62 bits per heavy atom. The van der Waals surface area contributed by atoms with Gasteiger partial charge in [0.05, 0.1) is 5.52 Å². The maximum absolute atomic E-state index is 12.6. The van der Waals surface area contributed by atoms with E-state index >= 15 is 0 Å². The number of nitrogens with zero attached hydrogens (tertiary/aromatic N) is 2. The Bertz CT molecular complexity index is 1050. The molecule has 148 valence electrons. The van der Waals surface area contributed by atoms with E-state index in [0.29, 0.717) is 6.04 Å². The van der Waals surface area contributed by atoms with Gasteiger partial charge in [-0.05, 0) is 73.7 Å². The molecule has 0 saturated heterocycles. The fraction of sp³-hybridized carbons (Fsp3) is 0.360. The number of benzene rings is 2. The number of anilines is 2. The van der Waals surface area contributed by atoms with Crippen molar-refractivity contribution >= 4 is 28.3 Å². The maximum Gasteiger partial charge on any atom is 0.251 e. The number of carbonyl (C=O) groups is 1. The van der Waals surface area contributed by atoms with Crippen LogP contribution in [0.15, 0.2) is 48.5 Å². The fourth-order valence-electron chi connectivity index (χ4n) is 4.63. The summed E-state index contributed by atoms with van der Waals surface area (Å²) < 4.78 is 0. The van der Waals surface area contributed by atoms with Crippen LogP contribution >= 0.6 is 0 Å². The molecule has 5 rings (SSSR count). The molecule has 0 unspecified atom stereocenters. The molecule has 3 aromatic rings. The van der Waals surface area contributed by atoms with Gasteiger partial charge in [0.15, 0.2) is 0 Å². The summed E-state index contributed by atoms with van der Waals surface area (Å²) in [6, 6.07) is 17.0. The molecule has 0 spiro atoms. The van der Waals surface area contributed by atoms with Crippen molar-refractivity contribution in [3.63, 3.8) is 0 Å². The molecule has 1 aromatic heterocycles. The van der Waals surface area contributed by atoms with Gasteiger partial charge in [0.1, 0.15) is 5.82 Å². The molecular weight excluding hydrogens is 358 g/mol. The largest absolute Gasteiger partial charge is 0.349 e. The molecule has 0 atom stereocenters. The number of fused-ring (bicyclic) bond motifs is 2. The molecule has 1 fully saturated rings. The zero-order chi connectivity index (χ0) is 19.8. The minimum absolute atomic E-state index is 0.0462. The molecule has 1 amide bonds. The van der Waals surface area contributed by atoms with Crippen molar-refractivity contribution in [1.82, 2.24) is 10.3 Å². The number of rotatable bonds is 3. The van der Waals surface area contributed by atoms with Crippen molar-refractivity contribution in [2.45, 2.75) is 51.5 Å². The first-order valence-corrected chi connectivity index (χ1v) is 10.8. The van der Waals surface area contributed by atoms with E-state index in [9.17, 15) is 4.79 Å². The summed E-state index contributed by atoms with van der Waals surface area (Å²) in [4.78, 5) is 19.8. The van der Waals surface area contributed by atoms with E-state index in [-0.39, 0.29) is 5.91 Å². The van der Waals surface area contributed by atoms with E-state index in [4.69, 9.17) is 4.98 Å². The Labute approximate surface area is 171 Å². The Balaban J connectivity index is 1.36. The smallest absolute Gasteiger partial charge is 0.251 e. The molecule has 2 aliphatic rings. The topological polar surface area (TPSA) is 45.2 Å². The molecule has 4 nitrogen and oxygen atoms in total. The van der Waals surface area contributed by atoms with Gasteiger partial charge in [0.2, 0.25) is 0 Å². The van der Waals surface area contributed by atoms with Crippen molar-refractivity contribution in [3.05, 3.63) is 65.2 Å². The molecule has 2 aromatic carbocycles. The van der Waals surface area contributed by atoms with E-state index in [2.05, 4.69) is 41.4 Å². The van der Waals surface area contributed by atoms with Crippen molar-refractivity contribution in [1.29, 1.82) is 0 Å². The first-order valence-electron chi connectivity index (χ1n) is 10.8. The lowest BCUT2D eigenvalue weighted by molar-refractivity contribution is 0.0927. The van der Waals surface area contributed by atoms with Crippen LogP contribution in [0.4, 0.5) is 11.5 Å². The van der Waals surface area contributed by atoms with E-state index in [1.54, 1.807) is 0 Å². The van der Waals surface area contributed by atoms with E-state index in [0.717, 1.165) is 48.4 Å². The highest BCUT2D eigenvalue weighted by molar-refractivity contribution is 5.95. The Kier molecular flexibility index (Phi) is 4.70. The molecule has 1 saturated carbocycles. The third kappa shape index (κ3) is 3.59. The summed E-state index contributed by atoms with van der Waals surface area (Å²) in [5.41, 5.74) is 5.39. The molecule has 4 heteroatoms. The van der Waals surface area contributed by atoms with Gasteiger partial charge in [-0.25, -0.2) is 4.98 Å². The van der Waals surface area contributed by atoms with Gasteiger partial charge in [-0.3, -0.25) is 4.79 Å². The molecule has 0 bridgehead atoms. The zero-order valence-corrected chi connectivity index (χ0v) is 16.9. The molecule has 1 N–H and O–H groups in total. The van der Waals surface area contributed by atoms with Crippen LogP contribution in [0.25, 0.3) is 10.9 Å². The Hall–Kier alpha value is -2.88. The van der Waals surface area contributed by atoms with Gasteiger partial charge in [-0.2, -0.15) is 0 Å². The SMILES string of the molecule is Cc1ccc2cc3c(nc2c1)N(c1ccc(C(=O)NC2CCCCC2)cc1)CC3. The van der Waals surface area contributed by atoms with Gasteiger partial charge >= 0.3 is 0 Å². The number of pyridine rings is 1. The van der Waals surface area contributed by atoms with Crippen LogP contribution in [0.2, 0.25) is 0 Å². The standard InChI is InChI=1S/C25H27N3O/c1-17-7-8-19-16-20-13-14-28(24(20)27-23(19)15-17)22-11-9-18(10-12-22)25(29)26-21-5-3-2-4-6-21/h7-12,15-16,21H,2-6,13-14H2,1H3,(H,26,29). The highest BCUT2D eigenvalue weighted by Gasteiger charge is 2.23. The van der Waals surface area contributed by atoms with E-state index in [1.165, 1.54) is 35.8 Å². The zero-order valence-electron chi connectivity index (χ0n) is 16.9. The Morgan fingerprint density at radius 2 is 1.83 bits per heavy atom. The lowest BCUT2D eigenvalue weighted by atomic mass is 9.95. The lowest BCUT2D eigenvalue weighted by Crippen LogP contribution is -2.36. The van der Waals surface area contributed by atoms with Crippen LogP contribution in [0.5, 0.6) is 0 Å². The Morgan fingerprint density at radius 1 is 1.03 bits per heavy atom. The van der Waals surface area contributed by atoms with Crippen LogP contribution in [0.1, 0.15) is 53.6 Å². The van der Waals surface area contributed by atoms with Crippen molar-refractivity contribution in [2.24, 2.45) is 0 Å². The van der Waals surface area contributed by atoms with Gasteiger partial charge in [-0.15, -0.1) is 0 Å². The third-order valence-corrected chi connectivity index (χ3v) is 6.27. The number of hydrogen-bond donors (Lipinski definition) is 1. The molecule has 29 heavy (non-hydrogen) atoms. The van der Waals surface area contributed by atoms with Crippen LogP contribution in [-0.4, -0.2) is 23.5 Å². The van der Waals surface area contributed by atoms with Gasteiger partial charge in [0.25, 0.3) is 5.91 Å². The first kappa shape index (κ1) is 18.2. The maximum atomic E-state index is 12.6. The second kappa shape index (κ2) is 7.51. The summed E-state index contributed by atoms with van der Waals surface area (Å²) in [6.45, 7) is 3.02. The first-order chi connectivity index (χ1) is 14.2. The minimum atomic E-state index is 0.0462. The van der Waals surface area contributed by atoms with E-state index in [1.807, 2.05) is 24.3 Å². The molecular formula is C25H27N3O. The average Bonchev–Trinajstić information content (AvgIpc) is 3.15. The number of aryl methyl sites for hydroxylation is 1. The van der Waals surface area contributed by atoms with Crippen molar-refractivity contribution in [3.8, 4) is 0 Å². The van der Waals surface area contributed by atoms with Crippen LogP contribution in [0, 0.1) is 6.92 Å². The summed E-state index contributed by atoms with van der Waals surface area (Å²) in [7, 11) is 0. The molecule has 1 aliphatic carbocycles. The minimum Gasteiger partial charge on any atom is -0.349 e. The summed E-state index contributed by atoms with van der Waals surface area (Å²) in [6.07, 6.45) is 6.94. The molecule has 0 radical (unpaired) electrons. The molecule has 2 heterocycles. The highest BCUT2D eigenvalue weighted by atomic mass is 16.1. The van der Waals surface area contributed by atoms with Crippen LogP contribution in [-0.2, 0) is 6.42 Å². The fourth-order valence-corrected chi connectivity index (χ4v) is 4.63. The number of amides is 1. The quantitative estimate of drug-likeness (QED) is 0.665. The van der Waals surface area contributed by atoms with Gasteiger partial charge < -0.3 is 10.2 Å². The number of carbonyl (C=O) groups excluding carboxylic acids is 1. The number of aromatic nitrogens is 1. The van der Waals surface area contributed by atoms with Gasteiger partial charge in [-0.1, -0.05) is 31.4 Å². The second-order valence-corrected chi connectivity index (χ2v) is 8.42. The second-order valence-electron chi connectivity index (χ2n) is 8.42. The molecule has 1 aliphatic heterocycles.